The molecule has 0 unspecified atom stereocenters. The summed E-state index contributed by atoms with van der Waals surface area (Å²) in [7, 11) is 0. The summed E-state index contributed by atoms with van der Waals surface area (Å²) in [5, 5.41) is 4.70. The molecule has 0 fully saturated rings. The Kier molecular flexibility index (Phi) is 3.01. The van der Waals surface area contributed by atoms with Gasteiger partial charge in [0.15, 0.2) is 0 Å². The van der Waals surface area contributed by atoms with E-state index in [2.05, 4.69) is 26.9 Å². The molecule has 0 atom stereocenters. The highest BCUT2D eigenvalue weighted by Crippen LogP contribution is 2.15. The molecule has 98 valence electrons. The Balaban J connectivity index is 2.09. The molecule has 0 aliphatic rings. The number of rotatable bonds is 0. The highest BCUT2D eigenvalue weighted by molar-refractivity contribution is 6.30. The Labute approximate surface area is 120 Å². The SMILES string of the molecule is Cc1nc2ncnn2c(N)c1C#Cc1ccc(Cl)cc1. The number of fused-ring (bicyclic) bond motifs is 1. The predicted octanol–water partition coefficient (Wildman–Crippen LogP) is 2.07. The molecule has 0 aliphatic heterocycles. The fourth-order valence-corrected chi connectivity index (χ4v) is 1.93. The largest absolute Gasteiger partial charge is 0.382 e. The van der Waals surface area contributed by atoms with Crippen molar-refractivity contribution in [3.8, 4) is 11.8 Å². The van der Waals surface area contributed by atoms with Crippen LogP contribution in [0.4, 0.5) is 5.82 Å². The van der Waals surface area contributed by atoms with Gasteiger partial charge in [-0.25, -0.2) is 4.98 Å². The van der Waals surface area contributed by atoms with Crippen molar-refractivity contribution in [2.24, 2.45) is 0 Å². The molecule has 0 aliphatic carbocycles. The number of aryl methyl sites for hydroxylation is 1. The van der Waals surface area contributed by atoms with Crippen molar-refractivity contribution < 1.29 is 0 Å². The number of nitrogens with zero attached hydrogens (tertiary/aromatic N) is 4. The van der Waals surface area contributed by atoms with Crippen LogP contribution in [0.2, 0.25) is 5.02 Å². The third-order valence-corrected chi connectivity index (χ3v) is 3.07. The molecule has 2 aromatic heterocycles. The highest BCUT2D eigenvalue weighted by atomic mass is 35.5. The van der Waals surface area contributed by atoms with Gasteiger partial charge in [0, 0.05) is 10.6 Å². The molecule has 0 bridgehead atoms. The van der Waals surface area contributed by atoms with E-state index in [1.165, 1.54) is 10.8 Å². The first-order valence-electron chi connectivity index (χ1n) is 5.88. The standard InChI is InChI=1S/C14H10ClN5/c1-9-12(7-4-10-2-5-11(15)6-3-10)13(16)20-14(19-9)17-8-18-20/h2-3,5-6,8H,16H2,1H3. The van der Waals surface area contributed by atoms with Gasteiger partial charge < -0.3 is 5.73 Å². The van der Waals surface area contributed by atoms with Gasteiger partial charge in [-0.1, -0.05) is 23.4 Å². The molecule has 3 aromatic rings. The van der Waals surface area contributed by atoms with E-state index in [4.69, 9.17) is 17.3 Å². The van der Waals surface area contributed by atoms with Gasteiger partial charge in [0.25, 0.3) is 5.78 Å². The summed E-state index contributed by atoms with van der Waals surface area (Å²) in [4.78, 5) is 8.32. The molecule has 20 heavy (non-hydrogen) atoms. The second-order valence-electron chi connectivity index (χ2n) is 4.19. The lowest BCUT2D eigenvalue weighted by Crippen LogP contribution is -2.06. The van der Waals surface area contributed by atoms with E-state index in [0.29, 0.717) is 22.2 Å². The minimum absolute atomic E-state index is 0.437. The Morgan fingerprint density at radius 1 is 1.20 bits per heavy atom. The van der Waals surface area contributed by atoms with Gasteiger partial charge in [0.1, 0.15) is 12.1 Å². The summed E-state index contributed by atoms with van der Waals surface area (Å²) in [6.07, 6.45) is 1.41. The lowest BCUT2D eigenvalue weighted by atomic mass is 10.2. The maximum Gasteiger partial charge on any atom is 0.254 e. The first-order chi connectivity index (χ1) is 9.65. The van der Waals surface area contributed by atoms with Crippen LogP contribution in [0.1, 0.15) is 16.8 Å². The number of anilines is 1. The quantitative estimate of drug-likeness (QED) is 0.641. The minimum Gasteiger partial charge on any atom is -0.382 e. The van der Waals surface area contributed by atoms with Gasteiger partial charge in [0.05, 0.1) is 11.3 Å². The number of aromatic nitrogens is 4. The molecule has 2 N–H and O–H groups in total. The molecule has 0 spiro atoms. The predicted molar refractivity (Wildman–Crippen MR) is 77.4 cm³/mol. The molecule has 5 nitrogen and oxygen atoms in total. The van der Waals surface area contributed by atoms with Crippen LogP contribution in [-0.2, 0) is 0 Å². The average Bonchev–Trinajstić information content (AvgIpc) is 2.89. The highest BCUT2D eigenvalue weighted by Gasteiger charge is 2.09. The van der Waals surface area contributed by atoms with Crippen molar-refractivity contribution >= 4 is 23.2 Å². The molecule has 1 aromatic carbocycles. The van der Waals surface area contributed by atoms with Crippen LogP contribution in [0, 0.1) is 18.8 Å². The normalized spacial score (nSPS) is 10.3. The first kappa shape index (κ1) is 12.5. The molecule has 6 heteroatoms. The molecular weight excluding hydrogens is 274 g/mol. The summed E-state index contributed by atoms with van der Waals surface area (Å²) in [6, 6.07) is 7.28. The minimum atomic E-state index is 0.437. The van der Waals surface area contributed by atoms with Gasteiger partial charge in [-0.2, -0.15) is 14.6 Å². The van der Waals surface area contributed by atoms with Crippen LogP contribution < -0.4 is 5.73 Å². The molecule has 3 rings (SSSR count). The van der Waals surface area contributed by atoms with E-state index in [1.807, 2.05) is 19.1 Å². The summed E-state index contributed by atoms with van der Waals surface area (Å²) in [6.45, 7) is 1.84. The fourth-order valence-electron chi connectivity index (χ4n) is 1.80. The second kappa shape index (κ2) is 4.83. The van der Waals surface area contributed by atoms with Crippen molar-refractivity contribution in [1.29, 1.82) is 0 Å². The Bertz CT molecular complexity index is 840. The van der Waals surface area contributed by atoms with Crippen LogP contribution in [0.15, 0.2) is 30.6 Å². The molecule has 0 radical (unpaired) electrons. The Morgan fingerprint density at radius 2 is 1.95 bits per heavy atom. The molecule has 0 saturated heterocycles. The second-order valence-corrected chi connectivity index (χ2v) is 4.62. The monoisotopic (exact) mass is 283 g/mol. The summed E-state index contributed by atoms with van der Waals surface area (Å²) >= 11 is 5.84. The van der Waals surface area contributed by atoms with Crippen LogP contribution in [0.5, 0.6) is 0 Å². The van der Waals surface area contributed by atoms with E-state index in [1.54, 1.807) is 12.1 Å². The summed E-state index contributed by atoms with van der Waals surface area (Å²) in [5.41, 5.74) is 8.28. The van der Waals surface area contributed by atoms with Gasteiger partial charge in [-0.15, -0.1) is 0 Å². The number of hydrogen-bond donors (Lipinski definition) is 1. The van der Waals surface area contributed by atoms with Crippen LogP contribution in [0.3, 0.4) is 0 Å². The van der Waals surface area contributed by atoms with E-state index in [9.17, 15) is 0 Å². The number of benzene rings is 1. The zero-order valence-corrected chi connectivity index (χ0v) is 11.4. The molecule has 2 heterocycles. The maximum absolute atomic E-state index is 6.05. The summed E-state index contributed by atoms with van der Waals surface area (Å²) in [5.74, 6) is 6.97. The van der Waals surface area contributed by atoms with Crippen LogP contribution in [-0.4, -0.2) is 19.6 Å². The number of nitrogen functional groups attached to an aromatic ring is 1. The lowest BCUT2D eigenvalue weighted by molar-refractivity contribution is 0.937. The van der Waals surface area contributed by atoms with Gasteiger partial charge in [-0.3, -0.25) is 0 Å². The Morgan fingerprint density at radius 3 is 2.70 bits per heavy atom. The summed E-state index contributed by atoms with van der Waals surface area (Å²) < 4.78 is 1.47. The molecule has 0 amide bonds. The third-order valence-electron chi connectivity index (χ3n) is 2.82. The smallest absolute Gasteiger partial charge is 0.254 e. The topological polar surface area (TPSA) is 69.1 Å². The average molecular weight is 284 g/mol. The molecular formula is C14H10ClN5. The van der Waals surface area contributed by atoms with Crippen molar-refractivity contribution in [1.82, 2.24) is 19.6 Å². The first-order valence-corrected chi connectivity index (χ1v) is 6.26. The Hall–Kier alpha value is -2.58. The van der Waals surface area contributed by atoms with Gasteiger partial charge >= 0.3 is 0 Å². The number of nitrogens with two attached hydrogens (primary N) is 1. The van der Waals surface area contributed by atoms with E-state index in [0.717, 1.165) is 11.3 Å². The van der Waals surface area contributed by atoms with Crippen molar-refractivity contribution in [3.05, 3.63) is 52.4 Å². The van der Waals surface area contributed by atoms with Crippen LogP contribution in [0.25, 0.3) is 5.78 Å². The van der Waals surface area contributed by atoms with Gasteiger partial charge in [0.2, 0.25) is 0 Å². The zero-order valence-electron chi connectivity index (χ0n) is 10.6. The van der Waals surface area contributed by atoms with Crippen molar-refractivity contribution in [2.75, 3.05) is 5.73 Å². The number of halogens is 1. The fraction of sp³-hybridized carbons (Fsp3) is 0.0714. The number of hydrogen-bond acceptors (Lipinski definition) is 4. The van der Waals surface area contributed by atoms with E-state index >= 15 is 0 Å². The van der Waals surface area contributed by atoms with Crippen LogP contribution >= 0.6 is 11.6 Å². The van der Waals surface area contributed by atoms with E-state index < -0.39 is 0 Å². The van der Waals surface area contributed by atoms with Gasteiger partial charge in [-0.05, 0) is 31.2 Å². The van der Waals surface area contributed by atoms with Crippen molar-refractivity contribution in [2.45, 2.75) is 6.92 Å². The maximum atomic E-state index is 6.05. The zero-order chi connectivity index (χ0) is 14.1. The van der Waals surface area contributed by atoms with Crippen molar-refractivity contribution in [3.63, 3.8) is 0 Å². The third kappa shape index (κ3) is 2.17. The van der Waals surface area contributed by atoms with E-state index in [-0.39, 0.29) is 0 Å². The molecule has 0 saturated carbocycles. The lowest BCUT2D eigenvalue weighted by Gasteiger charge is -2.03.